The van der Waals surface area contributed by atoms with Crippen LogP contribution in [0.5, 0.6) is 0 Å². The van der Waals surface area contributed by atoms with Crippen molar-refractivity contribution in [2.75, 3.05) is 0 Å². The van der Waals surface area contributed by atoms with Crippen LogP contribution in [0.3, 0.4) is 0 Å². The molecular weight excluding hydrogens is 278 g/mol. The van der Waals surface area contributed by atoms with Crippen LogP contribution in [0.1, 0.15) is 38.5 Å². The lowest BCUT2D eigenvalue weighted by Crippen LogP contribution is -2.44. The second-order valence-corrected chi connectivity index (χ2v) is 5.84. The van der Waals surface area contributed by atoms with E-state index in [1.54, 1.807) is 0 Å². The van der Waals surface area contributed by atoms with E-state index in [9.17, 15) is 22.8 Å². The molecule has 19 heavy (non-hydrogen) atoms. The number of carbonyl (C=O) groups excluding carboxylic acids is 2. The number of likely N-dealkylation sites (tertiary alicyclic amines) is 1. The molecule has 1 fully saturated rings. The SMILES string of the molecule is O=C(O)CCCCC(N1C(=O)CCC1=O)S(=O)(=O)O. The molecule has 2 N–H and O–H groups in total. The van der Waals surface area contributed by atoms with Crippen LogP contribution in [0.25, 0.3) is 0 Å². The number of carboxylic acids is 1. The lowest BCUT2D eigenvalue weighted by Gasteiger charge is -2.23. The Bertz CT molecular complexity index is 468. The van der Waals surface area contributed by atoms with Gasteiger partial charge in [0.2, 0.25) is 11.8 Å². The average molecular weight is 293 g/mol. The number of imide groups is 1. The first-order chi connectivity index (χ1) is 8.73. The van der Waals surface area contributed by atoms with E-state index in [0.29, 0.717) is 4.90 Å². The smallest absolute Gasteiger partial charge is 0.303 e. The maximum Gasteiger partial charge on any atom is 0.303 e. The van der Waals surface area contributed by atoms with Gasteiger partial charge in [0.1, 0.15) is 0 Å². The van der Waals surface area contributed by atoms with E-state index in [1.165, 1.54) is 0 Å². The molecule has 9 heteroatoms. The molecule has 0 saturated carbocycles. The molecule has 108 valence electrons. The van der Waals surface area contributed by atoms with Gasteiger partial charge < -0.3 is 5.11 Å². The van der Waals surface area contributed by atoms with Crippen molar-refractivity contribution in [2.24, 2.45) is 0 Å². The van der Waals surface area contributed by atoms with Gasteiger partial charge in [-0.25, -0.2) is 0 Å². The van der Waals surface area contributed by atoms with Gasteiger partial charge in [-0.15, -0.1) is 0 Å². The monoisotopic (exact) mass is 293 g/mol. The lowest BCUT2D eigenvalue weighted by molar-refractivity contribution is -0.140. The first-order valence-electron chi connectivity index (χ1n) is 5.76. The van der Waals surface area contributed by atoms with E-state index in [4.69, 9.17) is 9.66 Å². The molecule has 0 aromatic carbocycles. The summed E-state index contributed by atoms with van der Waals surface area (Å²) in [5.41, 5.74) is 0. The minimum Gasteiger partial charge on any atom is -0.481 e. The van der Waals surface area contributed by atoms with E-state index in [2.05, 4.69) is 0 Å². The van der Waals surface area contributed by atoms with Gasteiger partial charge in [0.15, 0.2) is 5.37 Å². The molecule has 0 radical (unpaired) electrons. The molecule has 1 heterocycles. The normalized spacial score (nSPS) is 17.8. The molecule has 0 spiro atoms. The van der Waals surface area contributed by atoms with Crippen molar-refractivity contribution >= 4 is 27.9 Å². The minimum absolute atomic E-state index is 0.0695. The van der Waals surface area contributed by atoms with Gasteiger partial charge in [0.05, 0.1) is 0 Å². The Balaban J connectivity index is 2.71. The number of carbonyl (C=O) groups is 3. The second-order valence-electron chi connectivity index (χ2n) is 4.27. The van der Waals surface area contributed by atoms with Gasteiger partial charge in [-0.1, -0.05) is 0 Å². The molecule has 1 aliphatic rings. The molecule has 1 rings (SSSR count). The summed E-state index contributed by atoms with van der Waals surface area (Å²) in [5, 5.41) is 6.84. The van der Waals surface area contributed by atoms with Gasteiger partial charge in [-0.2, -0.15) is 8.42 Å². The zero-order valence-electron chi connectivity index (χ0n) is 10.1. The van der Waals surface area contributed by atoms with E-state index < -0.39 is 33.3 Å². The van der Waals surface area contributed by atoms with Crippen LogP contribution in [-0.4, -0.2) is 46.1 Å². The van der Waals surface area contributed by atoms with Crippen molar-refractivity contribution in [2.45, 2.75) is 43.9 Å². The number of hydrogen-bond acceptors (Lipinski definition) is 5. The first-order valence-corrected chi connectivity index (χ1v) is 7.27. The highest BCUT2D eigenvalue weighted by atomic mass is 32.2. The summed E-state index contributed by atoms with van der Waals surface area (Å²) in [7, 11) is -4.58. The molecule has 1 atom stereocenters. The zero-order chi connectivity index (χ0) is 14.6. The van der Waals surface area contributed by atoms with Crippen molar-refractivity contribution in [3.05, 3.63) is 0 Å². The third-order valence-electron chi connectivity index (χ3n) is 2.81. The maximum absolute atomic E-state index is 11.4. The predicted octanol–water partition coefficient (Wildman–Crippen LogP) is -0.00570. The fourth-order valence-corrected chi connectivity index (χ4v) is 2.89. The largest absolute Gasteiger partial charge is 0.481 e. The number of nitrogens with zero attached hydrogens (tertiary/aromatic N) is 1. The fraction of sp³-hybridized carbons (Fsp3) is 0.700. The predicted molar refractivity (Wildman–Crippen MR) is 62.5 cm³/mol. The van der Waals surface area contributed by atoms with Crippen LogP contribution in [0.15, 0.2) is 0 Å². The Hall–Kier alpha value is -1.48. The molecule has 2 amide bonds. The molecule has 8 nitrogen and oxygen atoms in total. The number of aliphatic carboxylic acids is 1. The average Bonchev–Trinajstić information content (AvgIpc) is 2.57. The Morgan fingerprint density at radius 1 is 1.21 bits per heavy atom. The second kappa shape index (κ2) is 6.11. The van der Waals surface area contributed by atoms with Crippen LogP contribution in [-0.2, 0) is 24.5 Å². The van der Waals surface area contributed by atoms with Gasteiger partial charge in [-0.05, 0) is 19.3 Å². The van der Waals surface area contributed by atoms with Gasteiger partial charge in [0, 0.05) is 19.3 Å². The molecule has 1 unspecified atom stereocenters. The highest BCUT2D eigenvalue weighted by Gasteiger charge is 2.40. The minimum atomic E-state index is -4.58. The fourth-order valence-electron chi connectivity index (χ4n) is 1.92. The van der Waals surface area contributed by atoms with Crippen LogP contribution in [0.2, 0.25) is 0 Å². The highest BCUT2D eigenvalue weighted by molar-refractivity contribution is 7.86. The van der Waals surface area contributed by atoms with Crippen molar-refractivity contribution in [3.63, 3.8) is 0 Å². The molecule has 1 aliphatic heterocycles. The Morgan fingerprint density at radius 3 is 2.16 bits per heavy atom. The van der Waals surface area contributed by atoms with Crippen molar-refractivity contribution in [3.8, 4) is 0 Å². The number of rotatable bonds is 7. The van der Waals surface area contributed by atoms with Crippen LogP contribution >= 0.6 is 0 Å². The summed E-state index contributed by atoms with van der Waals surface area (Å²) >= 11 is 0. The number of hydrogen-bond donors (Lipinski definition) is 2. The summed E-state index contributed by atoms with van der Waals surface area (Å²) in [6.45, 7) is 0. The summed E-state index contributed by atoms with van der Waals surface area (Å²) in [5.74, 6) is -2.28. The summed E-state index contributed by atoms with van der Waals surface area (Å²) in [6, 6.07) is 0. The number of amides is 2. The summed E-state index contributed by atoms with van der Waals surface area (Å²) < 4.78 is 31.6. The third kappa shape index (κ3) is 4.28. The molecule has 0 bridgehead atoms. The van der Waals surface area contributed by atoms with Crippen molar-refractivity contribution in [1.82, 2.24) is 4.90 Å². The van der Waals surface area contributed by atoms with Crippen molar-refractivity contribution < 1.29 is 32.5 Å². The Labute approximate surface area is 110 Å². The van der Waals surface area contributed by atoms with Crippen LogP contribution in [0, 0.1) is 0 Å². The van der Waals surface area contributed by atoms with E-state index in [0.717, 1.165) is 0 Å². The van der Waals surface area contributed by atoms with Gasteiger partial charge >= 0.3 is 5.97 Å². The molecular formula is C10H15NO7S. The van der Waals surface area contributed by atoms with Crippen LogP contribution in [0.4, 0.5) is 0 Å². The molecule has 0 aromatic heterocycles. The van der Waals surface area contributed by atoms with Crippen LogP contribution < -0.4 is 0 Å². The Morgan fingerprint density at radius 2 is 1.74 bits per heavy atom. The molecule has 0 aliphatic carbocycles. The number of unbranched alkanes of at least 4 members (excludes halogenated alkanes) is 1. The summed E-state index contributed by atoms with van der Waals surface area (Å²) in [4.78, 5) is 33.8. The van der Waals surface area contributed by atoms with E-state index >= 15 is 0 Å². The van der Waals surface area contributed by atoms with Gasteiger partial charge in [0.25, 0.3) is 10.1 Å². The topological polar surface area (TPSA) is 129 Å². The maximum atomic E-state index is 11.4. The highest BCUT2D eigenvalue weighted by Crippen LogP contribution is 2.22. The molecule has 0 aromatic rings. The van der Waals surface area contributed by atoms with E-state index in [-0.39, 0.29) is 38.5 Å². The zero-order valence-corrected chi connectivity index (χ0v) is 10.9. The third-order valence-corrected chi connectivity index (χ3v) is 3.95. The first kappa shape index (κ1) is 15.6. The standard InChI is InChI=1S/C10H15NO7S/c12-7-5-6-8(13)11(7)9(19(16,17)18)3-1-2-4-10(14)15/h9H,1-6H2,(H,14,15)(H,16,17,18). The quantitative estimate of drug-likeness (QED) is 0.383. The van der Waals surface area contributed by atoms with E-state index in [1.807, 2.05) is 0 Å². The summed E-state index contributed by atoms with van der Waals surface area (Å²) in [6.07, 6.45) is -0.0605. The van der Waals surface area contributed by atoms with Gasteiger partial charge in [-0.3, -0.25) is 23.8 Å². The Kier molecular flexibility index (Phi) is 5.01. The van der Waals surface area contributed by atoms with Crippen molar-refractivity contribution in [1.29, 1.82) is 0 Å². The lowest BCUT2D eigenvalue weighted by atomic mass is 10.2. The number of carboxylic acid groups (broad SMARTS) is 1. The molecule has 1 saturated heterocycles.